The third-order valence-electron chi connectivity index (χ3n) is 8.45. The molecule has 0 aliphatic carbocycles. The molecule has 0 aliphatic heterocycles. The second kappa shape index (κ2) is 31.8. The average Bonchev–Trinajstić information content (AvgIpc) is 2.99. The fraction of sp³-hybridized carbons (Fsp3) is 0.868. The van der Waals surface area contributed by atoms with Crippen molar-refractivity contribution >= 4 is 17.7 Å². The van der Waals surface area contributed by atoms with Crippen LogP contribution in [0.1, 0.15) is 188 Å². The van der Waals surface area contributed by atoms with E-state index in [1.807, 2.05) is 6.92 Å². The molecule has 0 saturated carbocycles. The molecule has 0 aromatic carbocycles. The number of rotatable bonds is 32. The van der Waals surface area contributed by atoms with Gasteiger partial charge in [-0.05, 0) is 45.4 Å². The summed E-state index contributed by atoms with van der Waals surface area (Å²) >= 11 is 0. The van der Waals surface area contributed by atoms with Crippen LogP contribution in [0.25, 0.3) is 0 Å². The molecule has 1 amide bonds. The Morgan fingerprint density at radius 2 is 1.07 bits per heavy atom. The summed E-state index contributed by atoms with van der Waals surface area (Å²) in [5.41, 5.74) is 0. The molecule has 0 heterocycles. The highest BCUT2D eigenvalue weighted by molar-refractivity contribution is 6.00. The molecule has 252 valence electrons. The highest BCUT2D eigenvalue weighted by atomic mass is 16.5. The van der Waals surface area contributed by atoms with Crippen LogP contribution in [-0.4, -0.2) is 30.8 Å². The largest absolute Gasteiger partial charge is 0.465 e. The summed E-state index contributed by atoms with van der Waals surface area (Å²) in [6, 6.07) is 0. The lowest BCUT2D eigenvalue weighted by atomic mass is 9.95. The Labute approximate surface area is 267 Å². The van der Waals surface area contributed by atoms with E-state index in [1.165, 1.54) is 122 Å². The minimum Gasteiger partial charge on any atom is -0.465 e. The minimum atomic E-state index is -0.565. The third-order valence-corrected chi connectivity index (χ3v) is 8.45. The predicted molar refractivity (Wildman–Crippen MR) is 183 cm³/mol. The van der Waals surface area contributed by atoms with Crippen LogP contribution in [0.15, 0.2) is 12.2 Å². The lowest BCUT2D eigenvalue weighted by Gasteiger charge is -2.17. The van der Waals surface area contributed by atoms with E-state index in [0.717, 1.165) is 32.1 Å². The Bertz CT molecular complexity index is 689. The molecule has 5 nitrogen and oxygen atoms in total. The number of esters is 1. The van der Waals surface area contributed by atoms with Crippen LogP contribution in [-0.2, 0) is 19.1 Å². The molecule has 5 heteroatoms. The number of ketones is 1. The number of nitrogens with one attached hydrogen (secondary N) is 1. The fourth-order valence-corrected chi connectivity index (χ4v) is 5.46. The Hall–Kier alpha value is -1.65. The molecule has 0 rings (SSSR count). The van der Waals surface area contributed by atoms with Gasteiger partial charge in [-0.2, -0.15) is 0 Å². The van der Waals surface area contributed by atoms with Crippen LogP contribution in [0.3, 0.4) is 0 Å². The number of hydrogen-bond donors (Lipinski definition) is 1. The predicted octanol–water partition coefficient (Wildman–Crippen LogP) is 10.8. The summed E-state index contributed by atoms with van der Waals surface area (Å²) in [4.78, 5) is 36.9. The van der Waals surface area contributed by atoms with Crippen molar-refractivity contribution in [3.63, 3.8) is 0 Å². The maximum absolute atomic E-state index is 12.6. The summed E-state index contributed by atoms with van der Waals surface area (Å²) in [7, 11) is 0. The number of unbranched alkanes of at least 4 members (excludes halogenated alkanes) is 20. The van der Waals surface area contributed by atoms with E-state index < -0.39 is 5.92 Å². The van der Waals surface area contributed by atoms with E-state index in [0.29, 0.717) is 26.0 Å². The molecule has 0 bridgehead atoms. The van der Waals surface area contributed by atoms with Crippen LogP contribution < -0.4 is 5.32 Å². The van der Waals surface area contributed by atoms with Gasteiger partial charge in [0.25, 0.3) is 0 Å². The standard InChI is InChI=1S/C38H71NO4/c1-5-7-9-11-13-15-17-18-19-20-21-23-25-27-29-31-37(41)43-33-34(3)32-39-38(42)36(35(4)40)30-28-26-24-22-16-14-12-10-8-6-2/h18-19,34,36H,5-17,20-33H2,1-4H3,(H,39,42)/b19-18-. The zero-order valence-electron chi connectivity index (χ0n) is 29.0. The van der Waals surface area contributed by atoms with Crippen molar-refractivity contribution in [3.05, 3.63) is 12.2 Å². The van der Waals surface area contributed by atoms with E-state index in [1.54, 1.807) is 0 Å². The van der Waals surface area contributed by atoms with Gasteiger partial charge in [0.15, 0.2) is 0 Å². The van der Waals surface area contributed by atoms with Gasteiger partial charge in [-0.1, -0.05) is 148 Å². The van der Waals surface area contributed by atoms with Crippen LogP contribution in [0.4, 0.5) is 0 Å². The van der Waals surface area contributed by atoms with Gasteiger partial charge in [0, 0.05) is 18.9 Å². The Morgan fingerprint density at radius 1 is 0.628 bits per heavy atom. The summed E-state index contributed by atoms with van der Waals surface area (Å²) < 4.78 is 5.44. The molecule has 43 heavy (non-hydrogen) atoms. The van der Waals surface area contributed by atoms with Gasteiger partial charge in [-0.3, -0.25) is 14.4 Å². The molecule has 0 aromatic rings. The topological polar surface area (TPSA) is 72.5 Å². The molecule has 0 fully saturated rings. The van der Waals surface area contributed by atoms with Gasteiger partial charge in [0.2, 0.25) is 5.91 Å². The lowest BCUT2D eigenvalue weighted by Crippen LogP contribution is -2.37. The van der Waals surface area contributed by atoms with Crippen molar-refractivity contribution in [1.29, 1.82) is 0 Å². The molecule has 2 unspecified atom stereocenters. The number of carbonyl (C=O) groups is 3. The number of hydrogen-bond acceptors (Lipinski definition) is 4. The summed E-state index contributed by atoms with van der Waals surface area (Å²) in [5, 5.41) is 2.92. The van der Waals surface area contributed by atoms with Gasteiger partial charge in [0.1, 0.15) is 5.78 Å². The second-order valence-corrected chi connectivity index (χ2v) is 13.0. The quantitative estimate of drug-likeness (QED) is 0.0358. The normalized spacial score (nSPS) is 12.8. The van der Waals surface area contributed by atoms with Gasteiger partial charge >= 0.3 is 5.97 Å². The first-order valence-electron chi connectivity index (χ1n) is 18.5. The fourth-order valence-electron chi connectivity index (χ4n) is 5.46. The maximum atomic E-state index is 12.6. The molecule has 0 aliphatic rings. The van der Waals surface area contributed by atoms with Crippen LogP contribution in [0, 0.1) is 11.8 Å². The average molecular weight is 606 g/mol. The molecule has 0 saturated heterocycles. The summed E-state index contributed by atoms with van der Waals surface area (Å²) in [6.45, 7) is 8.70. The monoisotopic (exact) mass is 606 g/mol. The van der Waals surface area contributed by atoms with E-state index in [9.17, 15) is 14.4 Å². The third kappa shape index (κ3) is 28.9. The number of carbonyl (C=O) groups excluding carboxylic acids is 3. The van der Waals surface area contributed by atoms with E-state index in [2.05, 4.69) is 31.3 Å². The van der Waals surface area contributed by atoms with Crippen molar-refractivity contribution in [2.24, 2.45) is 11.8 Å². The Balaban J connectivity index is 3.76. The van der Waals surface area contributed by atoms with Gasteiger partial charge in [-0.25, -0.2) is 0 Å². The highest BCUT2D eigenvalue weighted by Crippen LogP contribution is 2.16. The smallest absolute Gasteiger partial charge is 0.305 e. The van der Waals surface area contributed by atoms with E-state index >= 15 is 0 Å². The minimum absolute atomic E-state index is 0.0203. The number of ether oxygens (including phenoxy) is 1. The SMILES string of the molecule is CCCCCCCC/C=C\CCCCCCCC(=O)OCC(C)CNC(=O)C(CCCCCCCCCCCC)C(C)=O. The molecule has 0 aromatic heterocycles. The van der Waals surface area contributed by atoms with Crippen molar-refractivity contribution < 1.29 is 19.1 Å². The molecule has 0 spiro atoms. The van der Waals surface area contributed by atoms with Gasteiger partial charge in [-0.15, -0.1) is 0 Å². The first kappa shape index (κ1) is 41.4. The van der Waals surface area contributed by atoms with Gasteiger partial charge < -0.3 is 10.1 Å². The Kier molecular flexibility index (Phi) is 30.5. The zero-order chi connectivity index (χ0) is 31.8. The highest BCUT2D eigenvalue weighted by Gasteiger charge is 2.23. The molecule has 0 radical (unpaired) electrons. The Morgan fingerprint density at radius 3 is 1.56 bits per heavy atom. The second-order valence-electron chi connectivity index (χ2n) is 13.0. The maximum Gasteiger partial charge on any atom is 0.305 e. The van der Waals surface area contributed by atoms with E-state index in [-0.39, 0.29) is 23.6 Å². The molecule has 2 atom stereocenters. The van der Waals surface area contributed by atoms with Gasteiger partial charge in [0.05, 0.1) is 12.5 Å². The summed E-state index contributed by atoms with van der Waals surface area (Å²) in [6.07, 6.45) is 34.2. The zero-order valence-corrected chi connectivity index (χ0v) is 29.0. The van der Waals surface area contributed by atoms with Crippen molar-refractivity contribution in [2.45, 2.75) is 188 Å². The van der Waals surface area contributed by atoms with Crippen LogP contribution in [0.5, 0.6) is 0 Å². The number of amides is 1. The van der Waals surface area contributed by atoms with E-state index in [4.69, 9.17) is 4.74 Å². The van der Waals surface area contributed by atoms with Crippen LogP contribution >= 0.6 is 0 Å². The number of allylic oxidation sites excluding steroid dienone is 2. The first-order valence-corrected chi connectivity index (χ1v) is 18.5. The lowest BCUT2D eigenvalue weighted by molar-refractivity contribution is -0.145. The molecule has 1 N–H and O–H groups in total. The van der Waals surface area contributed by atoms with Crippen molar-refractivity contribution in [2.75, 3.05) is 13.2 Å². The van der Waals surface area contributed by atoms with Crippen molar-refractivity contribution in [1.82, 2.24) is 5.32 Å². The summed E-state index contributed by atoms with van der Waals surface area (Å²) in [5.74, 6) is -0.947. The first-order chi connectivity index (χ1) is 20.9. The molecular weight excluding hydrogens is 534 g/mol. The van der Waals surface area contributed by atoms with Crippen molar-refractivity contribution in [3.8, 4) is 0 Å². The number of Topliss-reactive ketones (excluding diaryl/α,β-unsaturated/α-hetero) is 1. The molecular formula is C38H71NO4. The van der Waals surface area contributed by atoms with Crippen LogP contribution in [0.2, 0.25) is 0 Å².